The molecule has 0 aliphatic heterocycles. The molecule has 1 aromatic heterocycles. The third-order valence-electron chi connectivity index (χ3n) is 3.95. The van der Waals surface area contributed by atoms with Gasteiger partial charge in [0.15, 0.2) is 0 Å². The second-order valence-corrected chi connectivity index (χ2v) is 6.33. The number of hydrogen-bond acceptors (Lipinski definition) is 3. The van der Waals surface area contributed by atoms with Crippen LogP contribution in [0.3, 0.4) is 0 Å². The molecule has 3 nitrogen and oxygen atoms in total. The van der Waals surface area contributed by atoms with Gasteiger partial charge in [0.05, 0.1) is 5.39 Å². The lowest BCUT2D eigenvalue weighted by atomic mass is 10.1. The molecule has 4 rings (SSSR count). The maximum absolute atomic E-state index is 12.1. The zero-order chi connectivity index (χ0) is 16.5. The predicted octanol–water partition coefficient (Wildman–Crippen LogP) is 5.29. The Hall–Kier alpha value is -2.59. The highest BCUT2D eigenvalue weighted by molar-refractivity contribution is 9.10. The Kier molecular flexibility index (Phi) is 3.82. The second-order valence-electron chi connectivity index (χ2n) is 5.47. The van der Waals surface area contributed by atoms with Crippen molar-refractivity contribution in [1.82, 2.24) is 0 Å². The van der Waals surface area contributed by atoms with Crippen LogP contribution in [0.4, 0.5) is 0 Å². The number of rotatable bonds is 3. The minimum atomic E-state index is -0.332. The van der Waals surface area contributed by atoms with E-state index >= 15 is 0 Å². The van der Waals surface area contributed by atoms with Crippen molar-refractivity contribution < 1.29 is 9.15 Å². The highest BCUT2D eigenvalue weighted by Gasteiger charge is 2.08. The monoisotopic (exact) mass is 380 g/mol. The van der Waals surface area contributed by atoms with E-state index in [0.717, 1.165) is 20.8 Å². The Balaban J connectivity index is 1.72. The Bertz CT molecular complexity index is 1100. The van der Waals surface area contributed by atoms with Crippen LogP contribution in [0, 0.1) is 0 Å². The zero-order valence-electron chi connectivity index (χ0n) is 12.7. The van der Waals surface area contributed by atoms with Crippen LogP contribution in [0.1, 0.15) is 5.56 Å². The molecule has 4 heteroatoms. The lowest BCUT2D eigenvalue weighted by Gasteiger charge is -2.09. The molecule has 4 aromatic rings. The molecule has 0 bridgehead atoms. The molecule has 0 spiro atoms. The van der Waals surface area contributed by atoms with Crippen LogP contribution < -0.4 is 10.4 Å². The molecule has 0 radical (unpaired) electrons. The molecule has 1 heterocycles. The van der Waals surface area contributed by atoms with Gasteiger partial charge in [-0.3, -0.25) is 0 Å². The molecular formula is C20H13BrO3. The minimum Gasteiger partial charge on any atom is -0.489 e. The number of benzene rings is 3. The highest BCUT2D eigenvalue weighted by Crippen LogP contribution is 2.27. The summed E-state index contributed by atoms with van der Waals surface area (Å²) in [6, 6.07) is 20.9. The third-order valence-corrected chi connectivity index (χ3v) is 4.72. The summed E-state index contributed by atoms with van der Waals surface area (Å²) in [7, 11) is 0. The molecule has 0 aliphatic carbocycles. The molecule has 0 saturated heterocycles. The van der Waals surface area contributed by atoms with Crippen LogP contribution >= 0.6 is 15.9 Å². The van der Waals surface area contributed by atoms with E-state index in [1.807, 2.05) is 54.6 Å². The largest absolute Gasteiger partial charge is 0.489 e. The van der Waals surface area contributed by atoms with Gasteiger partial charge in [0, 0.05) is 21.5 Å². The van der Waals surface area contributed by atoms with E-state index in [4.69, 9.17) is 9.15 Å². The molecule has 24 heavy (non-hydrogen) atoms. The smallest absolute Gasteiger partial charge is 0.344 e. The van der Waals surface area contributed by atoms with Gasteiger partial charge in [-0.2, -0.15) is 0 Å². The molecule has 0 saturated carbocycles. The van der Waals surface area contributed by atoms with E-state index in [1.165, 1.54) is 0 Å². The summed E-state index contributed by atoms with van der Waals surface area (Å²) in [4.78, 5) is 12.1. The average Bonchev–Trinajstić information content (AvgIpc) is 2.61. The molecule has 0 N–H and O–H groups in total. The third kappa shape index (κ3) is 2.69. The standard InChI is InChI=1S/C20H13BrO3/c21-18-8-4-1-5-13(18)12-23-14-9-10-16-15-6-2-3-7-17(15)20(22)24-19(16)11-14/h1-11H,12H2. The fourth-order valence-electron chi connectivity index (χ4n) is 2.73. The second kappa shape index (κ2) is 6.13. The van der Waals surface area contributed by atoms with Crippen molar-refractivity contribution in [2.45, 2.75) is 6.61 Å². The maximum atomic E-state index is 12.1. The number of ether oxygens (including phenoxy) is 1. The summed E-state index contributed by atoms with van der Waals surface area (Å²) >= 11 is 3.51. The Morgan fingerprint density at radius 1 is 0.875 bits per heavy atom. The summed E-state index contributed by atoms with van der Waals surface area (Å²) in [5.74, 6) is 0.664. The van der Waals surface area contributed by atoms with Gasteiger partial charge in [0.2, 0.25) is 0 Å². The van der Waals surface area contributed by atoms with Gasteiger partial charge in [0.1, 0.15) is 17.9 Å². The van der Waals surface area contributed by atoms with E-state index in [1.54, 1.807) is 12.1 Å². The quantitative estimate of drug-likeness (QED) is 0.358. The minimum absolute atomic E-state index is 0.332. The fraction of sp³-hybridized carbons (Fsp3) is 0.0500. The van der Waals surface area contributed by atoms with Crippen LogP contribution in [-0.2, 0) is 6.61 Å². The van der Waals surface area contributed by atoms with Gasteiger partial charge >= 0.3 is 5.63 Å². The van der Waals surface area contributed by atoms with E-state index in [9.17, 15) is 4.79 Å². The van der Waals surface area contributed by atoms with Crippen molar-refractivity contribution in [2.75, 3.05) is 0 Å². The Labute approximate surface area is 146 Å². The van der Waals surface area contributed by atoms with Gasteiger partial charge in [-0.05, 0) is 29.7 Å². The van der Waals surface area contributed by atoms with Crippen molar-refractivity contribution in [3.63, 3.8) is 0 Å². The number of fused-ring (bicyclic) bond motifs is 3. The lowest BCUT2D eigenvalue weighted by molar-refractivity contribution is 0.305. The van der Waals surface area contributed by atoms with Gasteiger partial charge < -0.3 is 9.15 Å². The fourth-order valence-corrected chi connectivity index (χ4v) is 3.13. The Morgan fingerprint density at radius 2 is 1.62 bits per heavy atom. The number of halogens is 1. The molecule has 0 unspecified atom stereocenters. The SMILES string of the molecule is O=c1oc2cc(OCc3ccccc3Br)ccc2c2ccccc12. The van der Waals surface area contributed by atoms with Crippen LogP contribution in [0.25, 0.3) is 21.7 Å². The van der Waals surface area contributed by atoms with Gasteiger partial charge in [0.25, 0.3) is 0 Å². The first-order valence-electron chi connectivity index (χ1n) is 7.54. The summed E-state index contributed by atoms with van der Waals surface area (Å²) < 4.78 is 12.3. The first-order chi connectivity index (χ1) is 11.7. The van der Waals surface area contributed by atoms with Crippen LogP contribution in [-0.4, -0.2) is 0 Å². The number of hydrogen-bond donors (Lipinski definition) is 0. The van der Waals surface area contributed by atoms with Gasteiger partial charge in [-0.25, -0.2) is 4.79 Å². The first kappa shape index (κ1) is 15.0. The van der Waals surface area contributed by atoms with Crippen molar-refractivity contribution in [1.29, 1.82) is 0 Å². The molecule has 0 amide bonds. The molecule has 0 fully saturated rings. The van der Waals surface area contributed by atoms with Crippen LogP contribution in [0.15, 0.2) is 80.4 Å². The van der Waals surface area contributed by atoms with Crippen LogP contribution in [0.2, 0.25) is 0 Å². The van der Waals surface area contributed by atoms with E-state index < -0.39 is 0 Å². The van der Waals surface area contributed by atoms with E-state index in [-0.39, 0.29) is 5.63 Å². The topological polar surface area (TPSA) is 39.4 Å². The summed E-state index contributed by atoms with van der Waals surface area (Å²) in [5, 5.41) is 2.38. The van der Waals surface area contributed by atoms with Crippen molar-refractivity contribution in [3.8, 4) is 5.75 Å². The average molecular weight is 381 g/mol. The Morgan fingerprint density at radius 3 is 2.46 bits per heavy atom. The van der Waals surface area contributed by atoms with Crippen molar-refractivity contribution >= 4 is 37.7 Å². The molecule has 118 valence electrons. The van der Waals surface area contributed by atoms with E-state index in [0.29, 0.717) is 23.3 Å². The molecule has 0 atom stereocenters. The van der Waals surface area contributed by atoms with Crippen molar-refractivity contribution in [3.05, 3.63) is 87.2 Å². The summed E-state index contributed by atoms with van der Waals surface area (Å²) in [6.45, 7) is 0.435. The normalized spacial score (nSPS) is 11.0. The first-order valence-corrected chi connectivity index (χ1v) is 8.33. The van der Waals surface area contributed by atoms with Gasteiger partial charge in [-0.15, -0.1) is 0 Å². The lowest BCUT2D eigenvalue weighted by Crippen LogP contribution is -2.00. The molecular weight excluding hydrogens is 368 g/mol. The van der Waals surface area contributed by atoms with Crippen LogP contribution in [0.5, 0.6) is 5.75 Å². The highest BCUT2D eigenvalue weighted by atomic mass is 79.9. The zero-order valence-corrected chi connectivity index (χ0v) is 14.2. The van der Waals surface area contributed by atoms with Crippen molar-refractivity contribution in [2.24, 2.45) is 0 Å². The maximum Gasteiger partial charge on any atom is 0.344 e. The molecule has 0 aliphatic rings. The van der Waals surface area contributed by atoms with Gasteiger partial charge in [-0.1, -0.05) is 52.3 Å². The summed E-state index contributed by atoms with van der Waals surface area (Å²) in [6.07, 6.45) is 0. The molecule has 3 aromatic carbocycles. The summed E-state index contributed by atoms with van der Waals surface area (Å²) in [5.41, 5.74) is 1.25. The van der Waals surface area contributed by atoms with E-state index in [2.05, 4.69) is 15.9 Å². The predicted molar refractivity (Wildman–Crippen MR) is 98.5 cm³/mol.